The maximum atomic E-state index is 12.0. The molecule has 0 aliphatic heterocycles. The van der Waals surface area contributed by atoms with Crippen molar-refractivity contribution in [2.24, 2.45) is 0 Å². The van der Waals surface area contributed by atoms with Crippen molar-refractivity contribution in [3.8, 4) is 0 Å². The van der Waals surface area contributed by atoms with E-state index in [4.69, 9.17) is 23.2 Å². The van der Waals surface area contributed by atoms with Gasteiger partial charge in [-0.15, -0.1) is 10.2 Å². The molecule has 1 amide bonds. The number of halogens is 2. The molecule has 114 valence electrons. The topological polar surface area (TPSA) is 72.2 Å². The second-order valence-electron chi connectivity index (χ2n) is 4.57. The van der Waals surface area contributed by atoms with E-state index in [9.17, 15) is 4.79 Å². The molecule has 1 aromatic carbocycles. The first kappa shape index (κ1) is 15.2. The van der Waals surface area contributed by atoms with Crippen LogP contribution < -0.4 is 5.32 Å². The summed E-state index contributed by atoms with van der Waals surface area (Å²) in [4.78, 5) is 12.8. The van der Waals surface area contributed by atoms with Crippen LogP contribution in [0.25, 0.3) is 4.96 Å². The number of hydrogen-bond acceptors (Lipinski definition) is 5. The number of aromatic nitrogens is 4. The quantitative estimate of drug-likeness (QED) is 0.780. The molecule has 1 N–H and O–H groups in total. The fourth-order valence-corrected chi connectivity index (χ4v) is 3.05. The summed E-state index contributed by atoms with van der Waals surface area (Å²) in [5.74, 6) is 0.551. The Morgan fingerprint density at radius 2 is 2.14 bits per heavy atom. The monoisotopic (exact) mass is 355 g/mol. The van der Waals surface area contributed by atoms with Crippen LogP contribution in [0.1, 0.15) is 21.2 Å². The van der Waals surface area contributed by atoms with Gasteiger partial charge in [0.2, 0.25) is 4.96 Å². The minimum absolute atomic E-state index is 0.197. The Morgan fingerprint density at radius 3 is 2.86 bits per heavy atom. The first-order valence-corrected chi connectivity index (χ1v) is 8.03. The summed E-state index contributed by atoms with van der Waals surface area (Å²) >= 11 is 13.2. The normalized spacial score (nSPS) is 11.0. The van der Waals surface area contributed by atoms with Gasteiger partial charge in [0.1, 0.15) is 5.01 Å². The molecule has 6 nitrogen and oxygen atoms in total. The van der Waals surface area contributed by atoms with Crippen molar-refractivity contribution in [1.82, 2.24) is 25.1 Å². The fraction of sp³-hybridized carbons (Fsp3) is 0.231. The van der Waals surface area contributed by atoms with Crippen LogP contribution in [0.15, 0.2) is 18.2 Å². The van der Waals surface area contributed by atoms with E-state index < -0.39 is 0 Å². The lowest BCUT2D eigenvalue weighted by Gasteiger charge is -2.05. The van der Waals surface area contributed by atoms with Crippen molar-refractivity contribution in [2.75, 3.05) is 6.54 Å². The Labute approximate surface area is 140 Å². The molecule has 0 radical (unpaired) electrons. The minimum atomic E-state index is -0.197. The zero-order valence-corrected chi connectivity index (χ0v) is 13.8. The third-order valence-electron chi connectivity index (χ3n) is 2.99. The van der Waals surface area contributed by atoms with E-state index in [-0.39, 0.29) is 5.91 Å². The lowest BCUT2D eigenvalue weighted by Crippen LogP contribution is -2.25. The van der Waals surface area contributed by atoms with Crippen LogP contribution in [-0.2, 0) is 6.42 Å². The molecule has 0 fully saturated rings. The van der Waals surface area contributed by atoms with Crippen LogP contribution in [0.5, 0.6) is 0 Å². The summed E-state index contributed by atoms with van der Waals surface area (Å²) in [6, 6.07) is 4.78. The number of carbonyl (C=O) groups is 1. The van der Waals surface area contributed by atoms with Crippen LogP contribution in [0.3, 0.4) is 0 Å². The number of fused-ring (bicyclic) bond motifs is 1. The molecular formula is C13H11Cl2N5OS. The molecule has 2 heterocycles. The SMILES string of the molecule is Cc1nnc2sc(CCNC(=O)c3ccc(Cl)c(Cl)c3)nn12. The average Bonchev–Trinajstić information content (AvgIpc) is 3.04. The predicted molar refractivity (Wildman–Crippen MR) is 85.9 cm³/mol. The molecule has 2 aromatic heterocycles. The van der Waals surface area contributed by atoms with Crippen LogP contribution in [-0.4, -0.2) is 32.3 Å². The molecule has 0 aliphatic rings. The fourth-order valence-electron chi connectivity index (χ4n) is 1.88. The van der Waals surface area contributed by atoms with Gasteiger partial charge >= 0.3 is 0 Å². The van der Waals surface area contributed by atoms with Crippen LogP contribution >= 0.6 is 34.5 Å². The number of nitrogens with one attached hydrogen (secondary N) is 1. The maximum absolute atomic E-state index is 12.0. The third-order valence-corrected chi connectivity index (χ3v) is 4.69. The van der Waals surface area contributed by atoms with Gasteiger partial charge in [-0.3, -0.25) is 4.79 Å². The van der Waals surface area contributed by atoms with Gasteiger partial charge in [-0.2, -0.15) is 9.61 Å². The Bertz CT molecular complexity index is 844. The molecule has 0 aliphatic carbocycles. The highest BCUT2D eigenvalue weighted by molar-refractivity contribution is 7.16. The minimum Gasteiger partial charge on any atom is -0.352 e. The highest BCUT2D eigenvalue weighted by Gasteiger charge is 2.10. The number of benzene rings is 1. The van der Waals surface area contributed by atoms with Gasteiger partial charge in [0.05, 0.1) is 10.0 Å². The first-order valence-electron chi connectivity index (χ1n) is 6.45. The number of rotatable bonds is 4. The molecule has 0 spiro atoms. The Kier molecular flexibility index (Phi) is 4.28. The summed E-state index contributed by atoms with van der Waals surface area (Å²) in [6.45, 7) is 2.32. The van der Waals surface area contributed by atoms with Gasteiger partial charge in [-0.05, 0) is 25.1 Å². The van der Waals surface area contributed by atoms with Gasteiger partial charge < -0.3 is 5.32 Å². The largest absolute Gasteiger partial charge is 0.352 e. The summed E-state index contributed by atoms with van der Waals surface area (Å²) in [7, 11) is 0. The number of carbonyl (C=O) groups excluding carboxylic acids is 1. The molecule has 0 atom stereocenters. The zero-order chi connectivity index (χ0) is 15.7. The van der Waals surface area contributed by atoms with Crippen molar-refractivity contribution in [1.29, 1.82) is 0 Å². The molecule has 0 saturated heterocycles. The molecule has 0 bridgehead atoms. The van der Waals surface area contributed by atoms with E-state index in [0.717, 1.165) is 15.8 Å². The second-order valence-corrected chi connectivity index (χ2v) is 6.43. The summed E-state index contributed by atoms with van der Waals surface area (Å²) in [5, 5.41) is 16.8. The van der Waals surface area contributed by atoms with E-state index >= 15 is 0 Å². The third kappa shape index (κ3) is 3.06. The van der Waals surface area contributed by atoms with E-state index in [1.165, 1.54) is 11.3 Å². The molecule has 0 unspecified atom stereocenters. The smallest absolute Gasteiger partial charge is 0.251 e. The van der Waals surface area contributed by atoms with E-state index in [1.807, 2.05) is 6.92 Å². The predicted octanol–water partition coefficient (Wildman–Crippen LogP) is 2.77. The molecule has 9 heteroatoms. The molecule has 0 saturated carbocycles. The summed E-state index contributed by atoms with van der Waals surface area (Å²) in [5.41, 5.74) is 0.475. The maximum Gasteiger partial charge on any atom is 0.251 e. The van der Waals surface area contributed by atoms with Gasteiger partial charge in [0.25, 0.3) is 5.91 Å². The first-order chi connectivity index (χ1) is 10.5. The number of aryl methyl sites for hydroxylation is 1. The molecular weight excluding hydrogens is 345 g/mol. The molecule has 3 aromatic rings. The summed E-state index contributed by atoms with van der Waals surface area (Å²) in [6.07, 6.45) is 0.626. The van der Waals surface area contributed by atoms with E-state index in [1.54, 1.807) is 22.7 Å². The number of hydrogen-bond donors (Lipinski definition) is 1. The van der Waals surface area contributed by atoms with Crippen LogP contribution in [0.4, 0.5) is 0 Å². The van der Waals surface area contributed by atoms with Crippen molar-refractivity contribution in [3.63, 3.8) is 0 Å². The number of amides is 1. The lowest BCUT2D eigenvalue weighted by molar-refractivity contribution is 0.0954. The number of nitrogens with zero attached hydrogens (tertiary/aromatic N) is 4. The Morgan fingerprint density at radius 1 is 1.32 bits per heavy atom. The van der Waals surface area contributed by atoms with Crippen molar-refractivity contribution in [2.45, 2.75) is 13.3 Å². The highest BCUT2D eigenvalue weighted by atomic mass is 35.5. The lowest BCUT2D eigenvalue weighted by atomic mass is 10.2. The van der Waals surface area contributed by atoms with Crippen molar-refractivity contribution in [3.05, 3.63) is 44.6 Å². The van der Waals surface area contributed by atoms with Crippen LogP contribution in [0, 0.1) is 6.92 Å². The van der Waals surface area contributed by atoms with Crippen LogP contribution in [0.2, 0.25) is 10.0 Å². The van der Waals surface area contributed by atoms with Crippen molar-refractivity contribution < 1.29 is 4.79 Å². The van der Waals surface area contributed by atoms with E-state index in [0.29, 0.717) is 28.6 Å². The molecule has 3 rings (SSSR count). The summed E-state index contributed by atoms with van der Waals surface area (Å²) < 4.78 is 1.70. The van der Waals surface area contributed by atoms with Gasteiger partial charge in [-0.1, -0.05) is 34.5 Å². The molecule has 22 heavy (non-hydrogen) atoms. The average molecular weight is 356 g/mol. The van der Waals surface area contributed by atoms with Gasteiger partial charge in [-0.25, -0.2) is 0 Å². The van der Waals surface area contributed by atoms with Gasteiger partial charge in [0, 0.05) is 18.5 Å². The zero-order valence-electron chi connectivity index (χ0n) is 11.5. The standard InChI is InChI=1S/C13H11Cl2N5OS/c1-7-17-18-13-20(7)19-11(22-13)4-5-16-12(21)8-2-3-9(14)10(15)6-8/h2-3,6H,4-5H2,1H3,(H,16,21). The Balaban J connectivity index is 1.60. The van der Waals surface area contributed by atoms with Gasteiger partial charge in [0.15, 0.2) is 5.82 Å². The van der Waals surface area contributed by atoms with Crippen molar-refractivity contribution >= 4 is 45.4 Å². The Hall–Kier alpha value is -1.70. The van der Waals surface area contributed by atoms with E-state index in [2.05, 4.69) is 20.6 Å². The second kappa shape index (κ2) is 6.20. The highest BCUT2D eigenvalue weighted by Crippen LogP contribution is 2.22.